The first-order chi connectivity index (χ1) is 7.81. The van der Waals surface area contributed by atoms with Gasteiger partial charge in [-0.3, -0.25) is 9.89 Å². The van der Waals surface area contributed by atoms with E-state index < -0.39 is 0 Å². The number of aromatic amines is 1. The van der Waals surface area contributed by atoms with E-state index in [1.54, 1.807) is 18.3 Å². The molecule has 84 valence electrons. The SMILES string of the molecule is CNCCNC(=O)c1ccc2cn[nH]c2c1. The third-order valence-electron chi connectivity index (χ3n) is 2.36. The number of nitrogens with one attached hydrogen (secondary N) is 3. The van der Waals surface area contributed by atoms with E-state index in [4.69, 9.17) is 0 Å². The molecule has 0 bridgehead atoms. The number of benzene rings is 1. The first-order valence-electron chi connectivity index (χ1n) is 5.17. The Morgan fingerprint density at radius 3 is 3.12 bits per heavy atom. The van der Waals surface area contributed by atoms with E-state index in [0.29, 0.717) is 12.1 Å². The molecule has 1 amide bonds. The normalized spacial score (nSPS) is 10.6. The number of likely N-dealkylation sites (N-methyl/N-ethyl adjacent to an activating group) is 1. The predicted octanol–water partition coefficient (Wildman–Crippen LogP) is 0.512. The van der Waals surface area contributed by atoms with Gasteiger partial charge >= 0.3 is 0 Å². The summed E-state index contributed by atoms with van der Waals surface area (Å²) in [5.41, 5.74) is 1.52. The molecule has 2 rings (SSSR count). The van der Waals surface area contributed by atoms with Gasteiger partial charge in [0.25, 0.3) is 5.91 Å². The highest BCUT2D eigenvalue weighted by atomic mass is 16.1. The third-order valence-corrected chi connectivity index (χ3v) is 2.36. The minimum absolute atomic E-state index is 0.0632. The fourth-order valence-electron chi connectivity index (χ4n) is 1.48. The Morgan fingerprint density at radius 2 is 2.31 bits per heavy atom. The summed E-state index contributed by atoms with van der Waals surface area (Å²) >= 11 is 0. The van der Waals surface area contributed by atoms with Crippen LogP contribution in [0.5, 0.6) is 0 Å². The molecule has 5 heteroatoms. The van der Waals surface area contributed by atoms with Crippen LogP contribution in [0.2, 0.25) is 0 Å². The van der Waals surface area contributed by atoms with E-state index in [0.717, 1.165) is 17.4 Å². The topological polar surface area (TPSA) is 69.8 Å². The molecule has 1 heterocycles. The largest absolute Gasteiger partial charge is 0.351 e. The van der Waals surface area contributed by atoms with E-state index in [2.05, 4.69) is 20.8 Å². The van der Waals surface area contributed by atoms with Crippen LogP contribution in [0.3, 0.4) is 0 Å². The summed E-state index contributed by atoms with van der Waals surface area (Å²) in [6.07, 6.45) is 1.73. The van der Waals surface area contributed by atoms with Crippen LogP contribution in [0.1, 0.15) is 10.4 Å². The molecule has 0 fully saturated rings. The van der Waals surface area contributed by atoms with Gasteiger partial charge in [-0.15, -0.1) is 0 Å². The average Bonchev–Trinajstić information content (AvgIpc) is 2.76. The first-order valence-corrected chi connectivity index (χ1v) is 5.17. The van der Waals surface area contributed by atoms with Crippen LogP contribution in [0.4, 0.5) is 0 Å². The molecule has 0 atom stereocenters. The molecule has 0 radical (unpaired) electrons. The number of rotatable bonds is 4. The predicted molar refractivity (Wildman–Crippen MR) is 62.4 cm³/mol. The molecule has 0 aliphatic heterocycles. The Bertz CT molecular complexity index is 491. The molecule has 0 unspecified atom stereocenters. The Balaban J connectivity index is 2.10. The lowest BCUT2D eigenvalue weighted by Crippen LogP contribution is -2.30. The van der Waals surface area contributed by atoms with Crippen molar-refractivity contribution in [2.75, 3.05) is 20.1 Å². The number of carbonyl (C=O) groups is 1. The van der Waals surface area contributed by atoms with Crippen LogP contribution in [-0.4, -0.2) is 36.2 Å². The van der Waals surface area contributed by atoms with Gasteiger partial charge in [0.15, 0.2) is 0 Å². The smallest absolute Gasteiger partial charge is 0.251 e. The van der Waals surface area contributed by atoms with Gasteiger partial charge in [0.2, 0.25) is 0 Å². The molecule has 0 spiro atoms. The molecular formula is C11H14N4O. The number of fused-ring (bicyclic) bond motifs is 1. The highest BCUT2D eigenvalue weighted by Crippen LogP contribution is 2.12. The highest BCUT2D eigenvalue weighted by Gasteiger charge is 2.05. The van der Waals surface area contributed by atoms with E-state index in [1.165, 1.54) is 0 Å². The van der Waals surface area contributed by atoms with Crippen LogP contribution in [-0.2, 0) is 0 Å². The van der Waals surface area contributed by atoms with E-state index in [-0.39, 0.29) is 5.91 Å². The summed E-state index contributed by atoms with van der Waals surface area (Å²) in [7, 11) is 1.85. The minimum Gasteiger partial charge on any atom is -0.351 e. The number of carbonyl (C=O) groups excluding carboxylic acids is 1. The standard InChI is InChI=1S/C11H14N4O/c1-12-4-5-13-11(16)8-2-3-9-7-14-15-10(9)6-8/h2-3,6-7,12H,4-5H2,1H3,(H,13,16)(H,14,15). The maximum atomic E-state index is 11.7. The van der Waals surface area contributed by atoms with Crippen molar-refractivity contribution in [3.63, 3.8) is 0 Å². The van der Waals surface area contributed by atoms with Crippen molar-refractivity contribution in [2.24, 2.45) is 0 Å². The van der Waals surface area contributed by atoms with Gasteiger partial charge in [0.1, 0.15) is 0 Å². The number of H-pyrrole nitrogens is 1. The Labute approximate surface area is 93.2 Å². The second-order valence-electron chi connectivity index (χ2n) is 3.53. The van der Waals surface area contributed by atoms with Crippen LogP contribution in [0.25, 0.3) is 10.9 Å². The number of aromatic nitrogens is 2. The molecule has 0 saturated carbocycles. The van der Waals surface area contributed by atoms with Gasteiger partial charge in [-0.2, -0.15) is 5.10 Å². The molecule has 1 aromatic heterocycles. The zero-order chi connectivity index (χ0) is 11.4. The van der Waals surface area contributed by atoms with Crippen LogP contribution < -0.4 is 10.6 Å². The van der Waals surface area contributed by atoms with Crippen LogP contribution >= 0.6 is 0 Å². The quantitative estimate of drug-likeness (QED) is 0.655. The van der Waals surface area contributed by atoms with E-state index in [9.17, 15) is 4.79 Å². The van der Waals surface area contributed by atoms with Gasteiger partial charge in [0.05, 0.1) is 11.7 Å². The lowest BCUT2D eigenvalue weighted by Gasteiger charge is -2.04. The second-order valence-corrected chi connectivity index (χ2v) is 3.53. The lowest BCUT2D eigenvalue weighted by atomic mass is 10.1. The first kappa shape index (κ1) is 10.6. The van der Waals surface area contributed by atoms with Crippen molar-refractivity contribution in [1.82, 2.24) is 20.8 Å². The van der Waals surface area contributed by atoms with Gasteiger partial charge in [-0.05, 0) is 19.2 Å². The molecule has 0 saturated heterocycles. The summed E-state index contributed by atoms with van der Waals surface area (Å²) in [5.74, 6) is -0.0632. The van der Waals surface area contributed by atoms with Crippen LogP contribution in [0, 0.1) is 0 Å². The molecule has 0 aliphatic rings. The fourth-order valence-corrected chi connectivity index (χ4v) is 1.48. The summed E-state index contributed by atoms with van der Waals surface area (Å²) in [6.45, 7) is 1.38. The molecule has 16 heavy (non-hydrogen) atoms. The van der Waals surface area contributed by atoms with Gasteiger partial charge in [-0.1, -0.05) is 6.07 Å². The monoisotopic (exact) mass is 218 g/mol. The second kappa shape index (κ2) is 4.76. The molecule has 3 N–H and O–H groups in total. The molecule has 2 aromatic rings. The third kappa shape index (κ3) is 2.20. The highest BCUT2D eigenvalue weighted by molar-refractivity contribution is 5.97. The molecular weight excluding hydrogens is 204 g/mol. The van der Waals surface area contributed by atoms with Crippen molar-refractivity contribution in [3.05, 3.63) is 30.0 Å². The van der Waals surface area contributed by atoms with Gasteiger partial charge in [0, 0.05) is 24.0 Å². The Hall–Kier alpha value is -1.88. The summed E-state index contributed by atoms with van der Waals surface area (Å²) in [5, 5.41) is 13.5. The number of amides is 1. The maximum absolute atomic E-state index is 11.7. The molecule has 1 aromatic carbocycles. The van der Waals surface area contributed by atoms with Crippen molar-refractivity contribution >= 4 is 16.8 Å². The average molecular weight is 218 g/mol. The molecule has 5 nitrogen and oxygen atoms in total. The Kier molecular flexibility index (Phi) is 3.16. The van der Waals surface area contributed by atoms with E-state index >= 15 is 0 Å². The summed E-state index contributed by atoms with van der Waals surface area (Å²) in [4.78, 5) is 11.7. The van der Waals surface area contributed by atoms with Crippen molar-refractivity contribution in [3.8, 4) is 0 Å². The van der Waals surface area contributed by atoms with Gasteiger partial charge in [-0.25, -0.2) is 0 Å². The summed E-state index contributed by atoms with van der Waals surface area (Å²) < 4.78 is 0. The number of hydrogen-bond donors (Lipinski definition) is 3. The van der Waals surface area contributed by atoms with Gasteiger partial charge < -0.3 is 10.6 Å². The lowest BCUT2D eigenvalue weighted by molar-refractivity contribution is 0.0954. The zero-order valence-electron chi connectivity index (χ0n) is 9.08. The van der Waals surface area contributed by atoms with Crippen molar-refractivity contribution in [2.45, 2.75) is 0 Å². The number of hydrogen-bond acceptors (Lipinski definition) is 3. The van der Waals surface area contributed by atoms with Crippen molar-refractivity contribution < 1.29 is 4.79 Å². The van der Waals surface area contributed by atoms with E-state index in [1.807, 2.05) is 13.1 Å². The zero-order valence-corrected chi connectivity index (χ0v) is 9.08. The number of nitrogens with zero attached hydrogens (tertiary/aromatic N) is 1. The maximum Gasteiger partial charge on any atom is 0.251 e. The summed E-state index contributed by atoms with van der Waals surface area (Å²) in [6, 6.07) is 5.48. The minimum atomic E-state index is -0.0632. The molecule has 0 aliphatic carbocycles. The fraction of sp³-hybridized carbons (Fsp3) is 0.273. The van der Waals surface area contributed by atoms with Crippen LogP contribution in [0.15, 0.2) is 24.4 Å². The Morgan fingerprint density at radius 1 is 1.44 bits per heavy atom. The van der Waals surface area contributed by atoms with Crippen molar-refractivity contribution in [1.29, 1.82) is 0 Å².